The van der Waals surface area contributed by atoms with E-state index < -0.39 is 17.6 Å². The number of esters is 1. The Morgan fingerprint density at radius 2 is 1.73 bits per heavy atom. The minimum absolute atomic E-state index is 0.122. The van der Waals surface area contributed by atoms with Gasteiger partial charge in [-0.05, 0) is 55.3 Å². The van der Waals surface area contributed by atoms with E-state index in [0.29, 0.717) is 19.4 Å². The van der Waals surface area contributed by atoms with Gasteiger partial charge in [0, 0.05) is 18.7 Å². The minimum Gasteiger partial charge on any atom is -0.469 e. The number of likely N-dealkylation sites (tertiary alicyclic amines) is 1. The zero-order valence-corrected chi connectivity index (χ0v) is 16.3. The summed E-state index contributed by atoms with van der Waals surface area (Å²) < 4.78 is 18.0. The molecule has 3 amide bonds. The molecular weight excluding hydrogens is 391 g/mol. The van der Waals surface area contributed by atoms with Crippen LogP contribution in [0.3, 0.4) is 0 Å². The molecule has 8 heteroatoms. The molecule has 2 aliphatic heterocycles. The highest BCUT2D eigenvalue weighted by atomic mass is 19.1. The van der Waals surface area contributed by atoms with Gasteiger partial charge in [0.2, 0.25) is 0 Å². The summed E-state index contributed by atoms with van der Waals surface area (Å²) in [5.74, 6) is -2.61. The standard InChI is InChI=1S/C22H19FN2O5/c1-30-22(29)14-3-2-10-24(12-14)19(26)13-4-9-17-18(11-13)21(28)25(20(17)27)16-7-5-15(23)6-8-16/h4-9,11,14H,2-3,10,12H2,1H3. The summed E-state index contributed by atoms with van der Waals surface area (Å²) in [5, 5.41) is 0. The first-order valence-corrected chi connectivity index (χ1v) is 9.56. The molecule has 0 radical (unpaired) electrons. The third kappa shape index (κ3) is 3.34. The number of methoxy groups -OCH3 is 1. The zero-order chi connectivity index (χ0) is 21.4. The lowest BCUT2D eigenvalue weighted by molar-refractivity contribution is -0.146. The van der Waals surface area contributed by atoms with Gasteiger partial charge in [-0.25, -0.2) is 9.29 Å². The van der Waals surface area contributed by atoms with Crippen LogP contribution in [-0.4, -0.2) is 48.8 Å². The highest BCUT2D eigenvalue weighted by molar-refractivity contribution is 6.34. The number of ether oxygens (including phenoxy) is 1. The SMILES string of the molecule is COC(=O)C1CCCN(C(=O)c2ccc3c(c2)C(=O)N(c2ccc(F)cc2)C3=O)C1. The smallest absolute Gasteiger partial charge is 0.310 e. The number of carbonyl (C=O) groups is 4. The molecule has 1 fully saturated rings. The number of halogens is 1. The average molecular weight is 410 g/mol. The van der Waals surface area contributed by atoms with Crippen LogP contribution in [-0.2, 0) is 9.53 Å². The summed E-state index contributed by atoms with van der Waals surface area (Å²) in [6.45, 7) is 0.745. The highest BCUT2D eigenvalue weighted by Crippen LogP contribution is 2.30. The fourth-order valence-electron chi connectivity index (χ4n) is 3.90. The molecule has 1 saturated heterocycles. The second-order valence-electron chi connectivity index (χ2n) is 7.30. The number of benzene rings is 2. The van der Waals surface area contributed by atoms with Gasteiger partial charge in [0.05, 0.1) is 29.8 Å². The predicted octanol–water partition coefficient (Wildman–Crippen LogP) is 2.65. The molecule has 30 heavy (non-hydrogen) atoms. The Kier molecular flexibility index (Phi) is 5.07. The van der Waals surface area contributed by atoms with Gasteiger partial charge in [-0.2, -0.15) is 0 Å². The van der Waals surface area contributed by atoms with Gasteiger partial charge in [0.1, 0.15) is 5.82 Å². The van der Waals surface area contributed by atoms with Crippen molar-refractivity contribution in [3.63, 3.8) is 0 Å². The molecule has 1 atom stereocenters. The van der Waals surface area contributed by atoms with Gasteiger partial charge < -0.3 is 9.64 Å². The normalized spacial score (nSPS) is 18.4. The number of carbonyl (C=O) groups excluding carboxylic acids is 4. The Hall–Kier alpha value is -3.55. The van der Waals surface area contributed by atoms with E-state index in [1.54, 1.807) is 4.90 Å². The van der Waals surface area contributed by atoms with Crippen LogP contribution < -0.4 is 4.90 Å². The third-order valence-corrected chi connectivity index (χ3v) is 5.46. The number of anilines is 1. The Labute approximate surface area is 172 Å². The van der Waals surface area contributed by atoms with Gasteiger partial charge in [0.25, 0.3) is 17.7 Å². The van der Waals surface area contributed by atoms with Crippen molar-refractivity contribution < 1.29 is 28.3 Å². The van der Waals surface area contributed by atoms with Crippen molar-refractivity contribution in [2.75, 3.05) is 25.1 Å². The number of amides is 3. The van der Waals surface area contributed by atoms with Crippen LogP contribution in [0.15, 0.2) is 42.5 Å². The first kappa shape index (κ1) is 19.8. The molecule has 2 aromatic rings. The molecule has 1 unspecified atom stereocenters. The molecule has 0 N–H and O–H groups in total. The molecule has 0 aromatic heterocycles. The quantitative estimate of drug-likeness (QED) is 0.574. The van der Waals surface area contributed by atoms with Gasteiger partial charge in [-0.1, -0.05) is 0 Å². The van der Waals surface area contributed by atoms with E-state index >= 15 is 0 Å². The van der Waals surface area contributed by atoms with Gasteiger partial charge in [-0.15, -0.1) is 0 Å². The van der Waals surface area contributed by atoms with Crippen molar-refractivity contribution in [3.05, 3.63) is 65.0 Å². The van der Waals surface area contributed by atoms with Crippen LogP contribution in [0.25, 0.3) is 0 Å². The number of piperidine rings is 1. The fourth-order valence-corrected chi connectivity index (χ4v) is 3.90. The number of nitrogens with zero attached hydrogens (tertiary/aromatic N) is 2. The van der Waals surface area contributed by atoms with E-state index in [4.69, 9.17) is 4.74 Å². The Balaban J connectivity index is 1.59. The summed E-state index contributed by atoms with van der Waals surface area (Å²) in [6.07, 6.45) is 1.33. The van der Waals surface area contributed by atoms with E-state index in [0.717, 1.165) is 4.90 Å². The zero-order valence-electron chi connectivity index (χ0n) is 16.3. The predicted molar refractivity (Wildman–Crippen MR) is 105 cm³/mol. The van der Waals surface area contributed by atoms with Crippen LogP contribution in [0.5, 0.6) is 0 Å². The van der Waals surface area contributed by atoms with Crippen molar-refractivity contribution in [3.8, 4) is 0 Å². The molecular formula is C22H19FN2O5. The van der Waals surface area contributed by atoms with E-state index in [1.165, 1.54) is 49.6 Å². The summed E-state index contributed by atoms with van der Waals surface area (Å²) in [7, 11) is 1.32. The van der Waals surface area contributed by atoms with E-state index in [9.17, 15) is 23.6 Å². The Morgan fingerprint density at radius 1 is 1.03 bits per heavy atom. The van der Waals surface area contributed by atoms with Crippen molar-refractivity contribution in [1.82, 2.24) is 4.90 Å². The topological polar surface area (TPSA) is 84.0 Å². The van der Waals surface area contributed by atoms with Crippen molar-refractivity contribution in [2.45, 2.75) is 12.8 Å². The molecule has 0 bridgehead atoms. The van der Waals surface area contributed by atoms with Crippen LogP contribution in [0.2, 0.25) is 0 Å². The van der Waals surface area contributed by atoms with Crippen molar-refractivity contribution in [2.24, 2.45) is 5.92 Å². The van der Waals surface area contributed by atoms with Crippen LogP contribution >= 0.6 is 0 Å². The molecule has 4 rings (SSSR count). The molecule has 0 aliphatic carbocycles. The van der Waals surface area contributed by atoms with Gasteiger partial charge in [0.15, 0.2) is 0 Å². The van der Waals surface area contributed by atoms with Crippen molar-refractivity contribution in [1.29, 1.82) is 0 Å². The maximum atomic E-state index is 13.2. The summed E-state index contributed by atoms with van der Waals surface area (Å²) in [5.41, 5.74) is 0.831. The lowest BCUT2D eigenvalue weighted by Gasteiger charge is -2.31. The van der Waals surface area contributed by atoms with E-state index in [2.05, 4.69) is 0 Å². The van der Waals surface area contributed by atoms with Crippen LogP contribution in [0, 0.1) is 11.7 Å². The minimum atomic E-state index is -0.567. The molecule has 154 valence electrons. The number of fused-ring (bicyclic) bond motifs is 1. The summed E-state index contributed by atoms with van der Waals surface area (Å²) in [4.78, 5) is 52.8. The van der Waals surface area contributed by atoms with Gasteiger partial charge >= 0.3 is 5.97 Å². The first-order valence-electron chi connectivity index (χ1n) is 9.56. The molecule has 2 heterocycles. The molecule has 0 spiro atoms. The van der Waals surface area contributed by atoms with Crippen molar-refractivity contribution >= 4 is 29.4 Å². The number of rotatable bonds is 3. The second-order valence-corrected chi connectivity index (χ2v) is 7.30. The highest BCUT2D eigenvalue weighted by Gasteiger charge is 2.38. The summed E-state index contributed by atoms with van der Waals surface area (Å²) in [6, 6.07) is 9.40. The summed E-state index contributed by atoms with van der Waals surface area (Å²) >= 11 is 0. The average Bonchev–Trinajstić information content (AvgIpc) is 3.03. The number of hydrogen-bond acceptors (Lipinski definition) is 5. The fraction of sp³-hybridized carbons (Fsp3) is 0.273. The van der Waals surface area contributed by atoms with Crippen LogP contribution in [0.1, 0.15) is 43.9 Å². The molecule has 7 nitrogen and oxygen atoms in total. The van der Waals surface area contributed by atoms with E-state index in [1.807, 2.05) is 0 Å². The lowest BCUT2D eigenvalue weighted by atomic mass is 9.97. The van der Waals surface area contributed by atoms with E-state index in [-0.39, 0.29) is 46.7 Å². The second kappa shape index (κ2) is 7.70. The molecule has 2 aromatic carbocycles. The number of hydrogen-bond donors (Lipinski definition) is 0. The third-order valence-electron chi connectivity index (χ3n) is 5.46. The lowest BCUT2D eigenvalue weighted by Crippen LogP contribution is -2.42. The maximum Gasteiger partial charge on any atom is 0.310 e. The van der Waals surface area contributed by atoms with Crippen LogP contribution in [0.4, 0.5) is 10.1 Å². The Bertz CT molecular complexity index is 1050. The first-order chi connectivity index (χ1) is 14.4. The monoisotopic (exact) mass is 410 g/mol. The molecule has 2 aliphatic rings. The molecule has 0 saturated carbocycles. The maximum absolute atomic E-state index is 13.2. The Morgan fingerprint density at radius 3 is 2.43 bits per heavy atom. The number of imide groups is 1. The van der Waals surface area contributed by atoms with Gasteiger partial charge in [-0.3, -0.25) is 19.2 Å². The largest absolute Gasteiger partial charge is 0.469 e.